The van der Waals surface area contributed by atoms with Crippen LogP contribution in [0.2, 0.25) is 0 Å². The Morgan fingerprint density at radius 1 is 0.774 bits per heavy atom. The van der Waals surface area contributed by atoms with Crippen LogP contribution < -0.4 is 4.74 Å². The van der Waals surface area contributed by atoms with Crippen molar-refractivity contribution in [1.29, 1.82) is 0 Å². The summed E-state index contributed by atoms with van der Waals surface area (Å²) < 4.78 is 39.2. The van der Waals surface area contributed by atoms with Crippen LogP contribution in [0.4, 0.5) is 0 Å². The fraction of sp³-hybridized carbons (Fsp3) is 0.520. The first kappa shape index (κ1) is 25.2. The van der Waals surface area contributed by atoms with E-state index in [1.807, 2.05) is 6.07 Å². The number of unbranched alkanes of at least 4 members (excludes halogenated alkanes) is 10. The van der Waals surface area contributed by atoms with Gasteiger partial charge in [0, 0.05) is 5.56 Å². The van der Waals surface area contributed by atoms with Gasteiger partial charge in [-0.3, -0.25) is 4.55 Å². The molecule has 6 heteroatoms. The lowest BCUT2D eigenvalue weighted by molar-refractivity contribution is 0.403. The van der Waals surface area contributed by atoms with Crippen molar-refractivity contribution >= 4 is 10.1 Å². The Labute approximate surface area is 187 Å². The summed E-state index contributed by atoms with van der Waals surface area (Å²) in [6.07, 6.45) is 13.5. The Morgan fingerprint density at radius 3 is 1.87 bits per heavy atom. The molecule has 31 heavy (non-hydrogen) atoms. The van der Waals surface area contributed by atoms with Crippen LogP contribution >= 0.6 is 0 Å². The molecule has 0 amide bonds. The fourth-order valence-corrected chi connectivity index (χ4v) is 4.51. The molecule has 0 bridgehead atoms. The maximum atomic E-state index is 11.9. The molecule has 0 aliphatic carbocycles. The van der Waals surface area contributed by atoms with E-state index in [9.17, 15) is 18.1 Å². The molecule has 2 aromatic carbocycles. The number of hydrogen-bond donors (Lipinski definition) is 2. The van der Waals surface area contributed by atoms with Gasteiger partial charge in [-0.15, -0.1) is 0 Å². The van der Waals surface area contributed by atoms with Crippen molar-refractivity contribution in [2.75, 3.05) is 0 Å². The molecule has 0 spiro atoms. The Balaban J connectivity index is 1.92. The molecule has 0 atom stereocenters. The first-order valence-electron chi connectivity index (χ1n) is 11.5. The normalized spacial score (nSPS) is 11.5. The molecule has 0 aliphatic heterocycles. The molecule has 0 unspecified atom stereocenters. The van der Waals surface area contributed by atoms with E-state index in [4.69, 9.17) is 4.74 Å². The van der Waals surface area contributed by atoms with Crippen molar-refractivity contribution < 1.29 is 22.8 Å². The quantitative estimate of drug-likeness (QED) is 0.221. The van der Waals surface area contributed by atoms with Gasteiger partial charge >= 0.3 is 0 Å². The first-order valence-corrected chi connectivity index (χ1v) is 12.9. The van der Waals surface area contributed by atoms with Crippen LogP contribution in [-0.2, 0) is 16.5 Å². The van der Waals surface area contributed by atoms with Crippen molar-refractivity contribution in [3.63, 3.8) is 0 Å². The second kappa shape index (κ2) is 13.4. The van der Waals surface area contributed by atoms with Crippen LogP contribution in [0.25, 0.3) is 0 Å². The molecular formula is C25H36O5S. The van der Waals surface area contributed by atoms with Gasteiger partial charge < -0.3 is 9.84 Å². The van der Waals surface area contributed by atoms with E-state index in [2.05, 4.69) is 6.92 Å². The van der Waals surface area contributed by atoms with E-state index in [0.29, 0.717) is 17.7 Å². The predicted octanol–water partition coefficient (Wildman–Crippen LogP) is 7.28. The second-order valence-corrected chi connectivity index (χ2v) is 9.46. The molecule has 0 aliphatic rings. The smallest absolute Gasteiger partial charge is 0.294 e. The fourth-order valence-electron chi connectivity index (χ4n) is 3.76. The lowest BCUT2D eigenvalue weighted by atomic mass is 10.0. The molecule has 2 aromatic rings. The summed E-state index contributed by atoms with van der Waals surface area (Å²) in [5.74, 6) is 0.438. The highest BCUT2D eigenvalue weighted by Crippen LogP contribution is 2.39. The standard InChI is InChI=1S/C25H36O5S/c1-2-3-4-5-6-7-8-9-10-11-15-18-22-24(31(27,28)29)20-19-23(26)25(22)30-21-16-13-12-14-17-21/h12-14,16-17,19-20,26H,2-11,15,18H2,1H3,(H,27,28,29). The van der Waals surface area contributed by atoms with Crippen molar-refractivity contribution in [2.45, 2.75) is 88.9 Å². The van der Waals surface area contributed by atoms with Gasteiger partial charge in [0.1, 0.15) is 10.6 Å². The van der Waals surface area contributed by atoms with Crippen LogP contribution in [0.1, 0.15) is 83.1 Å². The Kier molecular flexibility index (Phi) is 10.9. The number of hydrogen-bond acceptors (Lipinski definition) is 4. The van der Waals surface area contributed by atoms with E-state index in [-0.39, 0.29) is 16.4 Å². The summed E-state index contributed by atoms with van der Waals surface area (Å²) in [7, 11) is -4.42. The van der Waals surface area contributed by atoms with Crippen molar-refractivity contribution in [3.8, 4) is 17.2 Å². The van der Waals surface area contributed by atoms with Crippen molar-refractivity contribution in [2.24, 2.45) is 0 Å². The number of ether oxygens (including phenoxy) is 1. The molecule has 0 heterocycles. The summed E-state index contributed by atoms with van der Waals surface area (Å²) in [5, 5.41) is 10.3. The summed E-state index contributed by atoms with van der Waals surface area (Å²) in [6.45, 7) is 2.23. The van der Waals surface area contributed by atoms with Crippen LogP contribution in [0, 0.1) is 0 Å². The summed E-state index contributed by atoms with van der Waals surface area (Å²) in [6, 6.07) is 11.4. The van der Waals surface area contributed by atoms with Crippen LogP contribution in [0.5, 0.6) is 17.2 Å². The molecule has 0 radical (unpaired) electrons. The molecule has 0 saturated heterocycles. The molecule has 2 N–H and O–H groups in total. The van der Waals surface area contributed by atoms with E-state index in [1.165, 1.54) is 63.5 Å². The Bertz CT molecular complexity index is 878. The number of aromatic hydroxyl groups is 1. The van der Waals surface area contributed by atoms with Gasteiger partial charge in [0.05, 0.1) is 0 Å². The highest BCUT2D eigenvalue weighted by molar-refractivity contribution is 7.85. The van der Waals surface area contributed by atoms with Gasteiger partial charge in [0.15, 0.2) is 11.5 Å². The minimum Gasteiger partial charge on any atom is -0.504 e. The number of phenols is 1. The number of phenolic OH excluding ortho intramolecular Hbond substituents is 1. The van der Waals surface area contributed by atoms with E-state index in [1.54, 1.807) is 24.3 Å². The highest BCUT2D eigenvalue weighted by atomic mass is 32.2. The number of rotatable bonds is 15. The van der Waals surface area contributed by atoms with E-state index < -0.39 is 10.1 Å². The summed E-state index contributed by atoms with van der Waals surface area (Å²) >= 11 is 0. The lowest BCUT2D eigenvalue weighted by Gasteiger charge is -2.16. The third-order valence-electron chi connectivity index (χ3n) is 5.47. The molecule has 5 nitrogen and oxygen atoms in total. The molecule has 172 valence electrons. The Morgan fingerprint density at radius 2 is 1.32 bits per heavy atom. The minimum absolute atomic E-state index is 0.0911. The number of para-hydroxylation sites is 1. The average Bonchev–Trinajstić information content (AvgIpc) is 2.74. The number of benzene rings is 2. The van der Waals surface area contributed by atoms with Gasteiger partial charge in [-0.25, -0.2) is 0 Å². The third kappa shape index (κ3) is 8.91. The average molecular weight is 449 g/mol. The van der Waals surface area contributed by atoms with Crippen LogP contribution in [0.15, 0.2) is 47.4 Å². The third-order valence-corrected chi connectivity index (χ3v) is 6.41. The van der Waals surface area contributed by atoms with Gasteiger partial charge in [-0.2, -0.15) is 8.42 Å². The Hall–Kier alpha value is -2.05. The largest absolute Gasteiger partial charge is 0.504 e. The maximum absolute atomic E-state index is 11.9. The van der Waals surface area contributed by atoms with E-state index >= 15 is 0 Å². The first-order chi connectivity index (χ1) is 14.9. The van der Waals surface area contributed by atoms with Crippen molar-refractivity contribution in [1.82, 2.24) is 0 Å². The molecule has 0 aromatic heterocycles. The van der Waals surface area contributed by atoms with Gasteiger partial charge in [-0.1, -0.05) is 89.3 Å². The predicted molar refractivity (Wildman–Crippen MR) is 125 cm³/mol. The lowest BCUT2D eigenvalue weighted by Crippen LogP contribution is -2.05. The molecule has 2 rings (SSSR count). The SMILES string of the molecule is CCCCCCCCCCCCCc1c(S(=O)(=O)O)ccc(O)c1Oc1ccccc1. The summed E-state index contributed by atoms with van der Waals surface area (Å²) in [4.78, 5) is -0.205. The molecule has 0 fully saturated rings. The van der Waals surface area contributed by atoms with Crippen LogP contribution in [0.3, 0.4) is 0 Å². The van der Waals surface area contributed by atoms with Crippen molar-refractivity contribution in [3.05, 3.63) is 48.0 Å². The highest BCUT2D eigenvalue weighted by Gasteiger charge is 2.22. The molecular weight excluding hydrogens is 412 g/mol. The van der Waals surface area contributed by atoms with E-state index in [0.717, 1.165) is 19.3 Å². The van der Waals surface area contributed by atoms with Gasteiger partial charge in [-0.05, 0) is 37.1 Å². The topological polar surface area (TPSA) is 83.8 Å². The zero-order valence-corrected chi connectivity index (χ0v) is 19.4. The zero-order valence-electron chi connectivity index (χ0n) is 18.6. The maximum Gasteiger partial charge on any atom is 0.294 e. The van der Waals surface area contributed by atoms with Crippen LogP contribution in [-0.4, -0.2) is 18.1 Å². The molecule has 0 saturated carbocycles. The monoisotopic (exact) mass is 448 g/mol. The summed E-state index contributed by atoms with van der Waals surface area (Å²) in [5.41, 5.74) is 0.322. The van der Waals surface area contributed by atoms with Gasteiger partial charge in [0.2, 0.25) is 0 Å². The second-order valence-electron chi connectivity index (χ2n) is 8.07. The zero-order chi connectivity index (χ0) is 22.5. The van der Waals surface area contributed by atoms with Gasteiger partial charge in [0.25, 0.3) is 10.1 Å². The minimum atomic E-state index is -4.42.